The van der Waals surface area contributed by atoms with Crippen LogP contribution >= 0.6 is 0 Å². The second-order valence-corrected chi connectivity index (χ2v) is 4.77. The third-order valence-electron chi connectivity index (χ3n) is 3.18. The van der Waals surface area contributed by atoms with Crippen molar-refractivity contribution < 1.29 is 8.78 Å². The van der Waals surface area contributed by atoms with Crippen LogP contribution in [-0.2, 0) is 6.54 Å². The molecule has 0 aliphatic rings. The van der Waals surface area contributed by atoms with E-state index in [-0.39, 0.29) is 6.04 Å². The molecule has 0 radical (unpaired) electrons. The Morgan fingerprint density at radius 3 is 2.50 bits per heavy atom. The molecule has 2 aromatic rings. The van der Waals surface area contributed by atoms with E-state index in [1.807, 2.05) is 6.20 Å². The molecule has 1 heterocycles. The van der Waals surface area contributed by atoms with Gasteiger partial charge in [0.15, 0.2) is 0 Å². The van der Waals surface area contributed by atoms with E-state index in [4.69, 9.17) is 0 Å². The first-order chi connectivity index (χ1) is 9.62. The number of aromatic nitrogens is 2. The van der Waals surface area contributed by atoms with Gasteiger partial charge in [-0.15, -0.1) is 0 Å². The topological polar surface area (TPSA) is 29.9 Å². The van der Waals surface area contributed by atoms with Crippen molar-refractivity contribution in [3.05, 3.63) is 53.4 Å². The molecule has 0 fully saturated rings. The van der Waals surface area contributed by atoms with Gasteiger partial charge in [-0.1, -0.05) is 13.8 Å². The minimum absolute atomic E-state index is 0.262. The van der Waals surface area contributed by atoms with Crippen LogP contribution in [0.4, 0.5) is 8.78 Å². The Hall–Kier alpha value is -1.75. The number of benzene rings is 1. The number of halogens is 2. The van der Waals surface area contributed by atoms with Crippen LogP contribution in [0.1, 0.15) is 37.4 Å². The van der Waals surface area contributed by atoms with Crippen molar-refractivity contribution >= 4 is 0 Å². The Kier molecular flexibility index (Phi) is 4.84. The van der Waals surface area contributed by atoms with Crippen molar-refractivity contribution in [3.63, 3.8) is 0 Å². The highest BCUT2D eigenvalue weighted by molar-refractivity contribution is 5.19. The monoisotopic (exact) mass is 279 g/mol. The number of nitrogens with zero attached hydrogens (tertiary/aromatic N) is 2. The van der Waals surface area contributed by atoms with Gasteiger partial charge in [-0.3, -0.25) is 4.68 Å². The zero-order valence-electron chi connectivity index (χ0n) is 11.7. The van der Waals surface area contributed by atoms with Crippen LogP contribution in [0.15, 0.2) is 30.6 Å². The molecule has 0 bridgehead atoms. The van der Waals surface area contributed by atoms with Crippen molar-refractivity contribution in [2.45, 2.75) is 32.9 Å². The average molecular weight is 279 g/mol. The summed E-state index contributed by atoms with van der Waals surface area (Å²) in [6, 6.07) is 3.78. The molecule has 1 aromatic carbocycles. The Bertz CT molecular complexity index is 546. The molecular formula is C15H19F2N3. The molecule has 0 aliphatic heterocycles. The minimum atomic E-state index is -0.563. The molecule has 0 spiro atoms. The van der Waals surface area contributed by atoms with Gasteiger partial charge in [-0.25, -0.2) is 8.78 Å². The molecular weight excluding hydrogens is 260 g/mol. The molecule has 20 heavy (non-hydrogen) atoms. The molecule has 5 heteroatoms. The fraction of sp³-hybridized carbons (Fsp3) is 0.400. The van der Waals surface area contributed by atoms with Gasteiger partial charge >= 0.3 is 0 Å². The summed E-state index contributed by atoms with van der Waals surface area (Å²) in [4.78, 5) is 0. The molecule has 1 aromatic heterocycles. The molecule has 1 N–H and O–H groups in total. The van der Waals surface area contributed by atoms with Crippen molar-refractivity contribution in [3.8, 4) is 0 Å². The minimum Gasteiger partial charge on any atom is -0.310 e. The molecule has 3 nitrogen and oxygen atoms in total. The Morgan fingerprint density at radius 2 is 1.90 bits per heavy atom. The normalized spacial score (nSPS) is 12.6. The maximum absolute atomic E-state index is 13.1. The van der Waals surface area contributed by atoms with Crippen LogP contribution in [0, 0.1) is 11.6 Å². The van der Waals surface area contributed by atoms with E-state index >= 15 is 0 Å². The largest absolute Gasteiger partial charge is 0.310 e. The van der Waals surface area contributed by atoms with Crippen LogP contribution in [0.5, 0.6) is 0 Å². The van der Waals surface area contributed by atoms with Crippen molar-refractivity contribution in [1.82, 2.24) is 15.1 Å². The molecule has 108 valence electrons. The zero-order chi connectivity index (χ0) is 14.5. The molecule has 0 saturated carbocycles. The van der Waals surface area contributed by atoms with Gasteiger partial charge in [0, 0.05) is 23.9 Å². The Labute approximate surface area is 117 Å². The number of hydrogen-bond donors (Lipinski definition) is 1. The first kappa shape index (κ1) is 14.7. The summed E-state index contributed by atoms with van der Waals surface area (Å²) in [5, 5.41) is 7.62. The third-order valence-corrected chi connectivity index (χ3v) is 3.18. The molecule has 1 atom stereocenters. The second kappa shape index (κ2) is 6.61. The van der Waals surface area contributed by atoms with Crippen molar-refractivity contribution in [2.24, 2.45) is 0 Å². The quantitative estimate of drug-likeness (QED) is 0.879. The standard InChI is InChI=1S/C15H19F2N3/c1-3-15(18-4-2)12-8-19-20(10-12)9-11-5-13(16)7-14(17)6-11/h5-8,10,15,18H,3-4,9H2,1-2H3. The molecule has 0 amide bonds. The number of hydrogen-bond acceptors (Lipinski definition) is 2. The predicted molar refractivity (Wildman–Crippen MR) is 74.4 cm³/mol. The van der Waals surface area contributed by atoms with Crippen LogP contribution in [-0.4, -0.2) is 16.3 Å². The number of nitrogens with one attached hydrogen (secondary N) is 1. The van der Waals surface area contributed by atoms with E-state index in [0.717, 1.165) is 24.6 Å². The average Bonchev–Trinajstić information content (AvgIpc) is 2.83. The lowest BCUT2D eigenvalue weighted by Crippen LogP contribution is -2.19. The highest BCUT2D eigenvalue weighted by Crippen LogP contribution is 2.16. The fourth-order valence-corrected chi connectivity index (χ4v) is 2.28. The number of rotatable bonds is 6. The Morgan fingerprint density at radius 1 is 1.20 bits per heavy atom. The fourth-order valence-electron chi connectivity index (χ4n) is 2.28. The lowest BCUT2D eigenvalue weighted by atomic mass is 10.1. The Balaban J connectivity index is 2.12. The van der Waals surface area contributed by atoms with Gasteiger partial charge < -0.3 is 5.32 Å². The van der Waals surface area contributed by atoms with Gasteiger partial charge in [-0.05, 0) is 30.7 Å². The van der Waals surface area contributed by atoms with E-state index in [2.05, 4.69) is 24.3 Å². The summed E-state index contributed by atoms with van der Waals surface area (Å²) in [5.41, 5.74) is 1.65. The van der Waals surface area contributed by atoms with Crippen LogP contribution in [0.2, 0.25) is 0 Å². The summed E-state index contributed by atoms with van der Waals surface area (Å²) < 4.78 is 28.0. The van der Waals surface area contributed by atoms with E-state index in [1.165, 1.54) is 12.1 Å². The smallest absolute Gasteiger partial charge is 0.126 e. The lowest BCUT2D eigenvalue weighted by Gasteiger charge is -2.13. The highest BCUT2D eigenvalue weighted by atomic mass is 19.1. The summed E-state index contributed by atoms with van der Waals surface area (Å²) >= 11 is 0. The third kappa shape index (κ3) is 3.63. The van der Waals surface area contributed by atoms with E-state index in [9.17, 15) is 8.78 Å². The highest BCUT2D eigenvalue weighted by Gasteiger charge is 2.10. The van der Waals surface area contributed by atoms with Gasteiger partial charge in [0.05, 0.1) is 12.7 Å². The maximum atomic E-state index is 13.1. The summed E-state index contributed by atoms with van der Waals surface area (Å²) in [7, 11) is 0. The molecule has 0 aliphatic carbocycles. The SMILES string of the molecule is CCNC(CC)c1cnn(Cc2cc(F)cc(F)c2)c1. The zero-order valence-corrected chi connectivity index (χ0v) is 11.7. The van der Waals surface area contributed by atoms with E-state index in [0.29, 0.717) is 12.1 Å². The molecule has 1 unspecified atom stereocenters. The van der Waals surface area contributed by atoms with Crippen LogP contribution in [0.3, 0.4) is 0 Å². The van der Waals surface area contributed by atoms with Crippen LogP contribution < -0.4 is 5.32 Å². The predicted octanol–water partition coefficient (Wildman–Crippen LogP) is 3.27. The van der Waals surface area contributed by atoms with Gasteiger partial charge in [0.1, 0.15) is 11.6 Å². The second-order valence-electron chi connectivity index (χ2n) is 4.77. The van der Waals surface area contributed by atoms with Gasteiger partial charge in [-0.2, -0.15) is 5.10 Å². The van der Waals surface area contributed by atoms with Gasteiger partial charge in [0.2, 0.25) is 0 Å². The first-order valence-corrected chi connectivity index (χ1v) is 6.83. The van der Waals surface area contributed by atoms with Gasteiger partial charge in [0.25, 0.3) is 0 Å². The summed E-state index contributed by atoms with van der Waals surface area (Å²) in [6.45, 7) is 5.41. The summed E-state index contributed by atoms with van der Waals surface area (Å²) in [6.07, 6.45) is 4.68. The molecule has 2 rings (SSSR count). The maximum Gasteiger partial charge on any atom is 0.126 e. The summed E-state index contributed by atoms with van der Waals surface area (Å²) in [5.74, 6) is -1.13. The van der Waals surface area contributed by atoms with Crippen LogP contribution in [0.25, 0.3) is 0 Å². The van der Waals surface area contributed by atoms with E-state index < -0.39 is 11.6 Å². The van der Waals surface area contributed by atoms with Crippen molar-refractivity contribution in [2.75, 3.05) is 6.54 Å². The van der Waals surface area contributed by atoms with E-state index in [1.54, 1.807) is 10.9 Å². The lowest BCUT2D eigenvalue weighted by molar-refractivity contribution is 0.536. The first-order valence-electron chi connectivity index (χ1n) is 6.83. The van der Waals surface area contributed by atoms with Crippen molar-refractivity contribution in [1.29, 1.82) is 0 Å². The molecule has 0 saturated heterocycles.